The molecule has 0 saturated carbocycles. The van der Waals surface area contributed by atoms with E-state index in [1.807, 2.05) is 0 Å². The number of nitro groups is 1. The molecule has 0 unspecified atom stereocenters. The molecule has 0 radical (unpaired) electrons. The first kappa shape index (κ1) is 10.5. The molecular formula is C7HCl2FN2O2S. The highest BCUT2D eigenvalue weighted by Crippen LogP contribution is 2.38. The third-order valence-electron chi connectivity index (χ3n) is 1.70. The van der Waals surface area contributed by atoms with Crippen LogP contribution in [0.1, 0.15) is 0 Å². The van der Waals surface area contributed by atoms with Gasteiger partial charge in [0, 0.05) is 6.07 Å². The van der Waals surface area contributed by atoms with Gasteiger partial charge < -0.3 is 0 Å². The molecule has 0 aliphatic heterocycles. The Morgan fingerprint density at radius 2 is 2.20 bits per heavy atom. The summed E-state index contributed by atoms with van der Waals surface area (Å²) in [6.45, 7) is 0. The summed E-state index contributed by atoms with van der Waals surface area (Å²) >= 11 is 12.1. The number of benzene rings is 1. The van der Waals surface area contributed by atoms with E-state index in [0.717, 1.165) is 17.4 Å². The molecule has 1 aromatic carbocycles. The first-order chi connectivity index (χ1) is 7.00. The molecule has 1 aromatic heterocycles. The average molecular weight is 267 g/mol. The van der Waals surface area contributed by atoms with Crippen LogP contribution in [0.5, 0.6) is 0 Å². The Kier molecular flexibility index (Phi) is 2.49. The zero-order chi connectivity index (χ0) is 11.2. The van der Waals surface area contributed by atoms with Gasteiger partial charge in [-0.2, -0.15) is 4.39 Å². The van der Waals surface area contributed by atoms with Crippen molar-refractivity contribution in [2.24, 2.45) is 0 Å². The smallest absolute Gasteiger partial charge is 0.258 e. The van der Waals surface area contributed by atoms with Gasteiger partial charge in [0.2, 0.25) is 5.82 Å². The van der Waals surface area contributed by atoms with Crippen molar-refractivity contribution in [3.63, 3.8) is 0 Å². The van der Waals surface area contributed by atoms with Crippen molar-refractivity contribution in [3.05, 3.63) is 31.5 Å². The Bertz CT molecular complexity index is 572. The molecule has 1 heterocycles. The number of nitrogens with zero attached hydrogens (tertiary/aromatic N) is 2. The third-order valence-corrected chi connectivity index (χ3v) is 3.16. The number of fused-ring (bicyclic) bond motifs is 1. The van der Waals surface area contributed by atoms with Gasteiger partial charge in [-0.1, -0.05) is 34.5 Å². The molecular weight excluding hydrogens is 266 g/mol. The lowest BCUT2D eigenvalue weighted by Crippen LogP contribution is -1.92. The van der Waals surface area contributed by atoms with E-state index in [1.54, 1.807) is 0 Å². The van der Waals surface area contributed by atoms with Crippen molar-refractivity contribution in [2.45, 2.75) is 0 Å². The number of hydrogen-bond donors (Lipinski definition) is 0. The van der Waals surface area contributed by atoms with E-state index in [1.165, 1.54) is 0 Å². The number of thiazole rings is 1. The van der Waals surface area contributed by atoms with E-state index in [0.29, 0.717) is 0 Å². The third kappa shape index (κ3) is 1.64. The standard InChI is InChI=1S/C7HCl2FN2O2S/c8-2-1-3(10)5(12(13)14)6-4(2)11-7(9)15-6/h1H. The highest BCUT2D eigenvalue weighted by Gasteiger charge is 2.24. The molecule has 0 saturated heterocycles. The second-order valence-corrected chi connectivity index (χ2v) is 4.58. The summed E-state index contributed by atoms with van der Waals surface area (Å²) in [5, 5.41) is 10.6. The zero-order valence-corrected chi connectivity index (χ0v) is 9.16. The van der Waals surface area contributed by atoms with E-state index in [9.17, 15) is 14.5 Å². The van der Waals surface area contributed by atoms with Crippen molar-refractivity contribution in [2.75, 3.05) is 0 Å². The van der Waals surface area contributed by atoms with Gasteiger partial charge in [0.25, 0.3) is 0 Å². The molecule has 2 aromatic rings. The minimum absolute atomic E-state index is 0.0104. The Labute approximate surface area is 96.4 Å². The van der Waals surface area contributed by atoms with Crippen LogP contribution in [0.3, 0.4) is 0 Å². The predicted molar refractivity (Wildman–Crippen MR) is 56.3 cm³/mol. The van der Waals surface area contributed by atoms with E-state index >= 15 is 0 Å². The fourth-order valence-corrected chi connectivity index (χ4v) is 2.57. The van der Waals surface area contributed by atoms with E-state index in [4.69, 9.17) is 23.2 Å². The largest absolute Gasteiger partial charge is 0.324 e. The second kappa shape index (κ2) is 3.55. The first-order valence-corrected chi connectivity index (χ1v) is 5.16. The van der Waals surface area contributed by atoms with Gasteiger partial charge in [0.1, 0.15) is 10.2 Å². The summed E-state index contributed by atoms with van der Waals surface area (Å²) in [6, 6.07) is 0.859. The number of rotatable bonds is 1. The Morgan fingerprint density at radius 1 is 1.53 bits per heavy atom. The summed E-state index contributed by atoms with van der Waals surface area (Å²) in [5.74, 6) is -0.988. The molecule has 4 nitrogen and oxygen atoms in total. The zero-order valence-electron chi connectivity index (χ0n) is 6.83. The molecule has 78 valence electrons. The predicted octanol–water partition coefficient (Wildman–Crippen LogP) is 3.65. The molecule has 0 spiro atoms. The van der Waals surface area contributed by atoms with Gasteiger partial charge in [0.15, 0.2) is 4.47 Å². The van der Waals surface area contributed by atoms with E-state index < -0.39 is 16.4 Å². The molecule has 2 rings (SSSR count). The van der Waals surface area contributed by atoms with Gasteiger partial charge in [-0.05, 0) is 0 Å². The molecule has 0 amide bonds. The second-order valence-electron chi connectivity index (χ2n) is 2.59. The molecule has 8 heteroatoms. The summed E-state index contributed by atoms with van der Waals surface area (Å²) in [6.07, 6.45) is 0. The van der Waals surface area contributed by atoms with Crippen LogP contribution in [0.25, 0.3) is 10.2 Å². The molecule has 0 N–H and O–H groups in total. The summed E-state index contributed by atoms with van der Waals surface area (Å²) in [4.78, 5) is 13.6. The lowest BCUT2D eigenvalue weighted by Gasteiger charge is -1.96. The number of aromatic nitrogens is 1. The maximum atomic E-state index is 13.3. The van der Waals surface area contributed by atoms with Crippen LogP contribution in [0.2, 0.25) is 9.49 Å². The van der Waals surface area contributed by atoms with Gasteiger partial charge in [-0.25, -0.2) is 4.98 Å². The molecule has 15 heavy (non-hydrogen) atoms. The SMILES string of the molecule is O=[N+]([O-])c1c(F)cc(Cl)c2nc(Cl)sc12. The Morgan fingerprint density at radius 3 is 2.80 bits per heavy atom. The van der Waals surface area contributed by atoms with Crippen LogP contribution in [-0.2, 0) is 0 Å². The van der Waals surface area contributed by atoms with Gasteiger partial charge in [-0.3, -0.25) is 10.1 Å². The van der Waals surface area contributed by atoms with E-state index in [-0.39, 0.29) is 19.7 Å². The highest BCUT2D eigenvalue weighted by atomic mass is 35.5. The van der Waals surface area contributed by atoms with Crippen molar-refractivity contribution in [3.8, 4) is 0 Å². The first-order valence-electron chi connectivity index (χ1n) is 3.59. The average Bonchev–Trinajstić information content (AvgIpc) is 2.45. The Balaban J connectivity index is 2.95. The van der Waals surface area contributed by atoms with Gasteiger partial charge >= 0.3 is 5.69 Å². The van der Waals surface area contributed by atoms with Crippen LogP contribution in [-0.4, -0.2) is 9.91 Å². The summed E-state index contributed by atoms with van der Waals surface area (Å²) in [5.41, 5.74) is -0.487. The quantitative estimate of drug-likeness (QED) is 0.585. The molecule has 0 aliphatic carbocycles. The normalized spacial score (nSPS) is 10.9. The van der Waals surface area contributed by atoms with Gasteiger partial charge in [-0.15, -0.1) is 0 Å². The van der Waals surface area contributed by atoms with Crippen LogP contribution < -0.4 is 0 Å². The van der Waals surface area contributed by atoms with Crippen LogP contribution >= 0.6 is 34.5 Å². The highest BCUT2D eigenvalue weighted by molar-refractivity contribution is 7.22. The van der Waals surface area contributed by atoms with Crippen molar-refractivity contribution >= 4 is 50.4 Å². The maximum Gasteiger partial charge on any atom is 0.324 e. The number of halogens is 3. The van der Waals surface area contributed by atoms with Crippen molar-refractivity contribution < 1.29 is 9.31 Å². The van der Waals surface area contributed by atoms with Gasteiger partial charge in [0.05, 0.1) is 9.95 Å². The number of hydrogen-bond acceptors (Lipinski definition) is 4. The van der Waals surface area contributed by atoms with Crippen LogP contribution in [0.15, 0.2) is 6.07 Å². The fourth-order valence-electron chi connectivity index (χ4n) is 1.14. The van der Waals surface area contributed by atoms with Crippen LogP contribution in [0.4, 0.5) is 10.1 Å². The van der Waals surface area contributed by atoms with E-state index in [2.05, 4.69) is 4.98 Å². The minimum Gasteiger partial charge on any atom is -0.258 e. The monoisotopic (exact) mass is 266 g/mol. The molecule has 0 aliphatic rings. The fraction of sp³-hybridized carbons (Fsp3) is 0. The summed E-state index contributed by atoms with van der Waals surface area (Å²) in [7, 11) is 0. The van der Waals surface area contributed by atoms with Crippen molar-refractivity contribution in [1.82, 2.24) is 4.98 Å². The number of nitro benzene ring substituents is 1. The lowest BCUT2D eigenvalue weighted by molar-refractivity contribution is -0.385. The molecule has 0 fully saturated rings. The lowest BCUT2D eigenvalue weighted by atomic mass is 10.3. The Hall–Kier alpha value is -0.980. The molecule has 0 bridgehead atoms. The van der Waals surface area contributed by atoms with Crippen molar-refractivity contribution in [1.29, 1.82) is 0 Å². The minimum atomic E-state index is -0.988. The van der Waals surface area contributed by atoms with Crippen LogP contribution in [0, 0.1) is 15.9 Å². The topological polar surface area (TPSA) is 56.0 Å². The maximum absolute atomic E-state index is 13.3. The molecule has 0 atom stereocenters. The summed E-state index contributed by atoms with van der Waals surface area (Å²) < 4.78 is 13.4.